The fraction of sp³-hybridized carbons (Fsp3) is 0.556. The predicted molar refractivity (Wildman–Crippen MR) is 53.8 cm³/mol. The van der Waals surface area contributed by atoms with Crippen LogP contribution in [0.3, 0.4) is 0 Å². The van der Waals surface area contributed by atoms with Crippen LogP contribution in [0, 0.1) is 0 Å². The van der Waals surface area contributed by atoms with E-state index in [0.717, 1.165) is 12.1 Å². The molecule has 0 bridgehead atoms. The summed E-state index contributed by atoms with van der Waals surface area (Å²) in [6.45, 7) is 1.46. The molecule has 15 heavy (non-hydrogen) atoms. The summed E-state index contributed by atoms with van der Waals surface area (Å²) in [4.78, 5) is 10.6. The van der Waals surface area contributed by atoms with E-state index in [1.165, 1.54) is 0 Å². The topological polar surface area (TPSA) is 79.2 Å². The number of carboxylic acid groups (broad SMARTS) is 1. The maximum absolute atomic E-state index is 10.6. The molecule has 1 aliphatic rings. The molecule has 0 aliphatic carbocycles. The van der Waals surface area contributed by atoms with Gasteiger partial charge in [0.2, 0.25) is 0 Å². The first-order valence-corrected chi connectivity index (χ1v) is 4.85. The summed E-state index contributed by atoms with van der Waals surface area (Å²) in [6.07, 6.45) is 2.74. The second-order valence-corrected chi connectivity index (χ2v) is 3.77. The molecule has 2 atom stereocenters. The highest BCUT2D eigenvalue weighted by atomic mass is 16.4. The molecule has 6 heteroatoms. The van der Waals surface area contributed by atoms with E-state index in [1.807, 2.05) is 13.2 Å². The Morgan fingerprint density at radius 1 is 1.73 bits per heavy atom. The number of rotatable bonds is 2. The van der Waals surface area contributed by atoms with Gasteiger partial charge in [-0.2, -0.15) is 5.10 Å². The Morgan fingerprint density at radius 2 is 2.53 bits per heavy atom. The van der Waals surface area contributed by atoms with Crippen molar-refractivity contribution in [1.29, 1.82) is 0 Å². The van der Waals surface area contributed by atoms with Crippen molar-refractivity contribution in [3.8, 4) is 0 Å². The lowest BCUT2D eigenvalue weighted by molar-refractivity contribution is 0.189. The third kappa shape index (κ3) is 2.10. The monoisotopic (exact) mass is 210 g/mol. The molecule has 1 aromatic heterocycles. The van der Waals surface area contributed by atoms with E-state index in [0.29, 0.717) is 6.54 Å². The van der Waals surface area contributed by atoms with Crippen LogP contribution in [-0.4, -0.2) is 40.1 Å². The van der Waals surface area contributed by atoms with Gasteiger partial charge in [-0.05, 0) is 5.56 Å². The summed E-state index contributed by atoms with van der Waals surface area (Å²) in [5.74, 6) is 0.176. The van der Waals surface area contributed by atoms with Gasteiger partial charge in [0, 0.05) is 32.3 Å². The third-order valence-corrected chi connectivity index (χ3v) is 2.68. The summed E-state index contributed by atoms with van der Waals surface area (Å²) in [6, 6.07) is -0.0632. The lowest BCUT2D eigenvalue weighted by atomic mass is 9.97. The molecule has 2 heterocycles. The van der Waals surface area contributed by atoms with Crippen LogP contribution in [0.4, 0.5) is 4.79 Å². The fourth-order valence-corrected chi connectivity index (χ4v) is 1.97. The van der Waals surface area contributed by atoms with Gasteiger partial charge < -0.3 is 15.7 Å². The lowest BCUT2D eigenvalue weighted by Gasteiger charge is -2.16. The molecule has 0 saturated carbocycles. The van der Waals surface area contributed by atoms with Gasteiger partial charge in [-0.1, -0.05) is 0 Å². The van der Waals surface area contributed by atoms with Crippen LogP contribution in [0.5, 0.6) is 0 Å². The minimum atomic E-state index is -0.974. The smallest absolute Gasteiger partial charge is 0.404 e. The predicted octanol–water partition coefficient (Wildman–Crippen LogP) is -0.257. The molecule has 0 unspecified atom stereocenters. The third-order valence-electron chi connectivity index (χ3n) is 2.68. The van der Waals surface area contributed by atoms with Crippen molar-refractivity contribution in [3.63, 3.8) is 0 Å². The molecule has 6 nitrogen and oxygen atoms in total. The number of nitrogens with zero attached hydrogens (tertiary/aromatic N) is 2. The van der Waals surface area contributed by atoms with Crippen molar-refractivity contribution in [3.05, 3.63) is 18.0 Å². The Bertz CT molecular complexity index is 363. The minimum absolute atomic E-state index is 0.0632. The maximum Gasteiger partial charge on any atom is 0.404 e. The van der Waals surface area contributed by atoms with Crippen LogP contribution in [0.2, 0.25) is 0 Å². The van der Waals surface area contributed by atoms with Crippen LogP contribution < -0.4 is 10.6 Å². The SMILES string of the molecule is Cn1cc([C@H]2CNC[C@@H]2NC(=O)O)cn1. The van der Waals surface area contributed by atoms with Crippen molar-refractivity contribution in [2.45, 2.75) is 12.0 Å². The highest BCUT2D eigenvalue weighted by molar-refractivity contribution is 5.65. The minimum Gasteiger partial charge on any atom is -0.465 e. The van der Waals surface area contributed by atoms with Crippen molar-refractivity contribution in [2.75, 3.05) is 13.1 Å². The number of carbonyl (C=O) groups is 1. The molecule has 1 fully saturated rings. The molecule has 1 amide bonds. The summed E-state index contributed by atoms with van der Waals surface area (Å²) in [7, 11) is 1.85. The highest BCUT2D eigenvalue weighted by Crippen LogP contribution is 2.21. The average Bonchev–Trinajstić information content (AvgIpc) is 2.72. The zero-order valence-electron chi connectivity index (χ0n) is 8.47. The number of nitrogens with one attached hydrogen (secondary N) is 2. The number of aromatic nitrogens is 2. The van der Waals surface area contributed by atoms with Crippen LogP contribution in [0.15, 0.2) is 12.4 Å². The van der Waals surface area contributed by atoms with Gasteiger partial charge in [0.15, 0.2) is 0 Å². The first-order valence-electron chi connectivity index (χ1n) is 4.85. The number of hydrogen-bond acceptors (Lipinski definition) is 3. The normalized spacial score (nSPS) is 25.4. The van der Waals surface area contributed by atoms with E-state index in [9.17, 15) is 4.79 Å². The first kappa shape index (κ1) is 9.97. The highest BCUT2D eigenvalue weighted by Gasteiger charge is 2.30. The summed E-state index contributed by atoms with van der Waals surface area (Å²) < 4.78 is 1.73. The van der Waals surface area contributed by atoms with Gasteiger partial charge in [0.05, 0.1) is 12.2 Å². The second kappa shape index (κ2) is 3.90. The Labute approximate surface area is 87.3 Å². The molecular formula is C9H14N4O2. The molecule has 1 aromatic rings. The van der Waals surface area contributed by atoms with Gasteiger partial charge in [-0.15, -0.1) is 0 Å². The van der Waals surface area contributed by atoms with Crippen LogP contribution in [0.25, 0.3) is 0 Å². The van der Waals surface area contributed by atoms with E-state index in [2.05, 4.69) is 15.7 Å². The van der Waals surface area contributed by atoms with E-state index >= 15 is 0 Å². The summed E-state index contributed by atoms with van der Waals surface area (Å²) >= 11 is 0. The van der Waals surface area contributed by atoms with Crippen molar-refractivity contribution in [1.82, 2.24) is 20.4 Å². The zero-order chi connectivity index (χ0) is 10.8. The lowest BCUT2D eigenvalue weighted by Crippen LogP contribution is -2.38. The molecular weight excluding hydrogens is 196 g/mol. The molecule has 82 valence electrons. The van der Waals surface area contributed by atoms with Crippen molar-refractivity contribution >= 4 is 6.09 Å². The van der Waals surface area contributed by atoms with Crippen molar-refractivity contribution in [2.24, 2.45) is 7.05 Å². The molecule has 1 aliphatic heterocycles. The molecule has 2 rings (SSSR count). The summed E-state index contributed by atoms with van der Waals surface area (Å²) in [5, 5.41) is 18.5. The quantitative estimate of drug-likeness (QED) is 0.628. The Balaban J connectivity index is 2.10. The average molecular weight is 210 g/mol. The van der Waals surface area contributed by atoms with Crippen molar-refractivity contribution < 1.29 is 9.90 Å². The number of hydrogen-bond donors (Lipinski definition) is 3. The standard InChI is InChI=1S/C9H14N4O2/c1-13-5-6(2-11-13)7-3-10-4-8(7)12-9(14)15/h2,5,7-8,10,12H,3-4H2,1H3,(H,14,15)/t7-,8+/m1/s1. The fourth-order valence-electron chi connectivity index (χ4n) is 1.97. The molecule has 1 saturated heterocycles. The molecule has 0 spiro atoms. The van der Waals surface area contributed by atoms with Crippen LogP contribution >= 0.6 is 0 Å². The summed E-state index contributed by atoms with van der Waals surface area (Å²) in [5.41, 5.74) is 1.07. The molecule has 0 radical (unpaired) electrons. The van der Waals surface area contributed by atoms with Gasteiger partial charge in [0.1, 0.15) is 0 Å². The maximum atomic E-state index is 10.6. The van der Waals surface area contributed by atoms with E-state index in [1.54, 1.807) is 10.9 Å². The van der Waals surface area contributed by atoms with Crippen LogP contribution in [0.1, 0.15) is 11.5 Å². The van der Waals surface area contributed by atoms with Gasteiger partial charge in [0.25, 0.3) is 0 Å². The molecule has 3 N–H and O–H groups in total. The zero-order valence-corrected chi connectivity index (χ0v) is 8.47. The van der Waals surface area contributed by atoms with E-state index in [4.69, 9.17) is 5.11 Å². The van der Waals surface area contributed by atoms with Gasteiger partial charge in [-0.25, -0.2) is 4.79 Å². The number of aryl methyl sites for hydroxylation is 1. The largest absolute Gasteiger partial charge is 0.465 e. The Morgan fingerprint density at radius 3 is 3.13 bits per heavy atom. The first-order chi connectivity index (χ1) is 7.16. The second-order valence-electron chi connectivity index (χ2n) is 3.77. The Kier molecular flexibility index (Phi) is 2.59. The van der Waals surface area contributed by atoms with E-state index < -0.39 is 6.09 Å². The number of amides is 1. The molecule has 0 aromatic carbocycles. The van der Waals surface area contributed by atoms with Crippen LogP contribution in [-0.2, 0) is 7.05 Å². The van der Waals surface area contributed by atoms with Gasteiger partial charge in [-0.3, -0.25) is 4.68 Å². The Hall–Kier alpha value is -1.56. The van der Waals surface area contributed by atoms with Gasteiger partial charge >= 0.3 is 6.09 Å². The van der Waals surface area contributed by atoms with E-state index in [-0.39, 0.29) is 12.0 Å².